The van der Waals surface area contributed by atoms with Gasteiger partial charge >= 0.3 is 5.97 Å². The minimum atomic E-state index is -0.552. The molecule has 0 aromatic heterocycles. The van der Waals surface area contributed by atoms with Crippen LogP contribution in [0.25, 0.3) is 0 Å². The summed E-state index contributed by atoms with van der Waals surface area (Å²) in [4.78, 5) is 23.2. The van der Waals surface area contributed by atoms with Crippen LogP contribution in [0, 0.1) is 0 Å². The Kier molecular flexibility index (Phi) is 7.45. The Hall–Kier alpha value is -2.77. The highest BCUT2D eigenvalue weighted by Gasteiger charge is 2.13. The van der Waals surface area contributed by atoms with Crippen molar-refractivity contribution in [3.63, 3.8) is 0 Å². The molecule has 1 amide bonds. The van der Waals surface area contributed by atoms with Crippen molar-refractivity contribution in [1.29, 1.82) is 0 Å². The predicted molar refractivity (Wildman–Crippen MR) is 102 cm³/mol. The molecular weight excluding hydrogens is 395 g/mol. The fourth-order valence-corrected chi connectivity index (χ4v) is 2.38. The number of carbonyl (C=O) groups excluding carboxylic acids is 2. The maximum absolute atomic E-state index is 12.0. The van der Waals surface area contributed by atoms with Gasteiger partial charge in [-0.3, -0.25) is 4.79 Å². The van der Waals surface area contributed by atoms with Crippen LogP contribution in [-0.4, -0.2) is 38.9 Å². The van der Waals surface area contributed by atoms with Gasteiger partial charge < -0.3 is 14.2 Å². The zero-order valence-corrected chi connectivity index (χ0v) is 16.0. The fourth-order valence-electron chi connectivity index (χ4n) is 1.98. The molecule has 2 aromatic carbocycles. The van der Waals surface area contributed by atoms with E-state index in [0.717, 1.165) is 0 Å². The molecule has 142 valence electrons. The molecule has 2 rings (SSSR count). The third kappa shape index (κ3) is 5.87. The average Bonchev–Trinajstić information content (AvgIpc) is 2.66. The first-order chi connectivity index (χ1) is 12.9. The van der Waals surface area contributed by atoms with E-state index >= 15 is 0 Å². The number of rotatable bonds is 7. The topological polar surface area (TPSA) is 86.2 Å². The first kappa shape index (κ1) is 20.5. The minimum absolute atomic E-state index is 0.201. The highest BCUT2D eigenvalue weighted by Crippen LogP contribution is 2.36. The summed E-state index contributed by atoms with van der Waals surface area (Å²) in [5.41, 5.74) is 3.37. The Balaban J connectivity index is 2.08. The van der Waals surface area contributed by atoms with Crippen LogP contribution in [0.1, 0.15) is 15.9 Å². The number of carbonyl (C=O) groups is 2. The van der Waals surface area contributed by atoms with Crippen LogP contribution in [0.3, 0.4) is 0 Å². The van der Waals surface area contributed by atoms with Crippen LogP contribution in [0.2, 0.25) is 10.0 Å². The van der Waals surface area contributed by atoms with Crippen LogP contribution in [0.5, 0.6) is 11.5 Å². The van der Waals surface area contributed by atoms with E-state index in [1.165, 1.54) is 20.4 Å². The molecule has 9 heteroatoms. The minimum Gasteiger partial charge on any atom is -0.493 e. The average molecular weight is 411 g/mol. The second-order valence-electron chi connectivity index (χ2n) is 5.10. The van der Waals surface area contributed by atoms with E-state index in [9.17, 15) is 9.59 Å². The van der Waals surface area contributed by atoms with Gasteiger partial charge in [0.15, 0.2) is 18.1 Å². The summed E-state index contributed by atoms with van der Waals surface area (Å²) in [7, 11) is 2.68. The number of nitrogens with one attached hydrogen (secondary N) is 1. The highest BCUT2D eigenvalue weighted by molar-refractivity contribution is 6.32. The number of nitrogens with zero attached hydrogens (tertiary/aromatic N) is 1. The molecule has 0 aliphatic rings. The summed E-state index contributed by atoms with van der Waals surface area (Å²) >= 11 is 12.0. The molecule has 0 saturated carbocycles. The van der Waals surface area contributed by atoms with Gasteiger partial charge in [-0.05, 0) is 42.0 Å². The molecule has 0 heterocycles. The molecule has 0 aliphatic carbocycles. The molecule has 0 radical (unpaired) electrons. The number of halogens is 2. The lowest BCUT2D eigenvalue weighted by molar-refractivity contribution is -0.142. The first-order valence-corrected chi connectivity index (χ1v) is 8.36. The van der Waals surface area contributed by atoms with Crippen LogP contribution < -0.4 is 14.9 Å². The Morgan fingerprint density at radius 3 is 2.48 bits per heavy atom. The second kappa shape index (κ2) is 9.80. The van der Waals surface area contributed by atoms with E-state index in [0.29, 0.717) is 21.9 Å². The molecule has 0 aliphatic heterocycles. The second-order valence-corrected chi connectivity index (χ2v) is 5.95. The van der Waals surface area contributed by atoms with Crippen LogP contribution >= 0.6 is 23.2 Å². The lowest BCUT2D eigenvalue weighted by atomic mass is 10.2. The number of hydrogen-bond donors (Lipinski definition) is 1. The van der Waals surface area contributed by atoms with E-state index in [-0.39, 0.29) is 23.3 Å². The van der Waals surface area contributed by atoms with Gasteiger partial charge in [-0.25, -0.2) is 10.2 Å². The van der Waals surface area contributed by atoms with Gasteiger partial charge in [0.2, 0.25) is 0 Å². The fraction of sp³-hybridized carbons (Fsp3) is 0.167. The molecule has 0 spiro atoms. The van der Waals surface area contributed by atoms with Crippen molar-refractivity contribution >= 4 is 41.3 Å². The number of hydrogen-bond acceptors (Lipinski definition) is 6. The predicted octanol–water partition coefficient (Wildman–Crippen LogP) is 3.32. The maximum atomic E-state index is 12.0. The van der Waals surface area contributed by atoms with Gasteiger partial charge in [-0.2, -0.15) is 5.10 Å². The van der Waals surface area contributed by atoms with E-state index in [4.69, 9.17) is 32.7 Å². The zero-order valence-electron chi connectivity index (χ0n) is 14.5. The first-order valence-electron chi connectivity index (χ1n) is 7.60. The van der Waals surface area contributed by atoms with Gasteiger partial charge in [-0.1, -0.05) is 23.2 Å². The standard InChI is InChI=1S/C18H16Cl2N2O5/c1-25-15-8-11(7-14(20)17(15)27-10-16(23)26-2)9-21-22-18(24)12-3-5-13(19)6-4-12/h3-9H,10H2,1-2H3,(H,22,24)/b21-9-. The highest BCUT2D eigenvalue weighted by atomic mass is 35.5. The third-order valence-electron chi connectivity index (χ3n) is 3.30. The van der Waals surface area contributed by atoms with Crippen molar-refractivity contribution in [3.8, 4) is 11.5 Å². The largest absolute Gasteiger partial charge is 0.493 e. The Morgan fingerprint density at radius 1 is 1.15 bits per heavy atom. The number of esters is 1. The number of hydrazone groups is 1. The van der Waals surface area contributed by atoms with E-state index in [1.807, 2.05) is 0 Å². The normalized spacial score (nSPS) is 10.5. The molecular formula is C18H16Cl2N2O5. The maximum Gasteiger partial charge on any atom is 0.343 e. The summed E-state index contributed by atoms with van der Waals surface area (Å²) in [6.07, 6.45) is 1.40. The molecule has 0 atom stereocenters. The molecule has 27 heavy (non-hydrogen) atoms. The van der Waals surface area contributed by atoms with Crippen molar-refractivity contribution in [2.45, 2.75) is 0 Å². The summed E-state index contributed by atoms with van der Waals surface area (Å²) < 4.78 is 15.0. The van der Waals surface area contributed by atoms with Crippen molar-refractivity contribution in [1.82, 2.24) is 5.43 Å². The lowest BCUT2D eigenvalue weighted by Crippen LogP contribution is -2.17. The SMILES string of the molecule is COC(=O)COc1c(Cl)cc(/C=N\NC(=O)c2ccc(Cl)cc2)cc1OC. The summed E-state index contributed by atoms with van der Waals surface area (Å²) in [6, 6.07) is 9.53. The van der Waals surface area contributed by atoms with Crippen LogP contribution in [0.4, 0.5) is 0 Å². The summed E-state index contributed by atoms with van der Waals surface area (Å²) in [6.45, 7) is -0.308. The van der Waals surface area contributed by atoms with Gasteiger partial charge in [0.1, 0.15) is 0 Å². The monoisotopic (exact) mass is 410 g/mol. The van der Waals surface area contributed by atoms with Crippen LogP contribution in [0.15, 0.2) is 41.5 Å². The Bertz CT molecular complexity index is 854. The zero-order chi connectivity index (χ0) is 19.8. The third-order valence-corrected chi connectivity index (χ3v) is 3.83. The number of ether oxygens (including phenoxy) is 3. The van der Waals surface area contributed by atoms with E-state index < -0.39 is 5.97 Å². The van der Waals surface area contributed by atoms with Gasteiger partial charge in [0.05, 0.1) is 25.5 Å². The van der Waals surface area contributed by atoms with Gasteiger partial charge in [-0.15, -0.1) is 0 Å². The summed E-state index contributed by atoms with van der Waals surface area (Å²) in [5.74, 6) is -0.438. The van der Waals surface area contributed by atoms with Gasteiger partial charge in [0, 0.05) is 10.6 Å². The molecule has 0 fully saturated rings. The molecule has 0 saturated heterocycles. The molecule has 7 nitrogen and oxygen atoms in total. The smallest absolute Gasteiger partial charge is 0.343 e. The number of benzene rings is 2. The lowest BCUT2D eigenvalue weighted by Gasteiger charge is -2.12. The van der Waals surface area contributed by atoms with E-state index in [1.54, 1.807) is 36.4 Å². The molecule has 0 bridgehead atoms. The number of amides is 1. The van der Waals surface area contributed by atoms with Crippen molar-refractivity contribution in [3.05, 3.63) is 57.6 Å². The molecule has 0 unspecified atom stereocenters. The van der Waals surface area contributed by atoms with Crippen LogP contribution in [-0.2, 0) is 9.53 Å². The Labute approximate surface area is 165 Å². The summed E-state index contributed by atoms with van der Waals surface area (Å²) in [5, 5.41) is 4.63. The van der Waals surface area contributed by atoms with Crippen molar-refractivity contribution in [2.24, 2.45) is 5.10 Å². The molecule has 2 aromatic rings. The van der Waals surface area contributed by atoms with Gasteiger partial charge in [0.25, 0.3) is 5.91 Å². The van der Waals surface area contributed by atoms with Crippen molar-refractivity contribution < 1.29 is 23.8 Å². The Morgan fingerprint density at radius 2 is 1.85 bits per heavy atom. The van der Waals surface area contributed by atoms with E-state index in [2.05, 4.69) is 15.3 Å². The molecule has 1 N–H and O–H groups in total. The van der Waals surface area contributed by atoms with Crippen molar-refractivity contribution in [2.75, 3.05) is 20.8 Å². The quantitative estimate of drug-likeness (QED) is 0.429. The number of methoxy groups -OCH3 is 2.